The number of benzene rings is 1. The first-order chi connectivity index (χ1) is 17.7. The molecule has 3 aromatic rings. The second-order valence-corrected chi connectivity index (χ2v) is 10.1. The molecule has 0 bridgehead atoms. The molecule has 0 spiro atoms. The van der Waals surface area contributed by atoms with Gasteiger partial charge in [0.15, 0.2) is 0 Å². The van der Waals surface area contributed by atoms with E-state index >= 15 is 0 Å². The summed E-state index contributed by atoms with van der Waals surface area (Å²) in [7, 11) is 0. The Hall–Kier alpha value is -3.25. The van der Waals surface area contributed by atoms with Crippen LogP contribution < -0.4 is 15.1 Å². The minimum Gasteiger partial charge on any atom is -0.370 e. The number of fused-ring (bicyclic) bond motifs is 2. The summed E-state index contributed by atoms with van der Waals surface area (Å²) in [5.74, 6) is 0. The Morgan fingerprint density at radius 3 is 2.86 bits per heavy atom. The number of anilines is 2. The van der Waals surface area contributed by atoms with E-state index in [1.54, 1.807) is 6.20 Å². The number of pyridine rings is 2. The quantitative estimate of drug-likeness (QED) is 0.607. The molecule has 2 atom stereocenters. The Morgan fingerprint density at radius 1 is 1.11 bits per heavy atom. The van der Waals surface area contributed by atoms with E-state index in [-0.39, 0.29) is 12.2 Å². The van der Waals surface area contributed by atoms with Gasteiger partial charge in [-0.15, -0.1) is 0 Å². The fourth-order valence-corrected chi connectivity index (χ4v) is 5.85. The number of piperazine rings is 1. The topological polar surface area (TPSA) is 80.6 Å². The van der Waals surface area contributed by atoms with Crippen LogP contribution in [0.25, 0.3) is 10.9 Å². The molecule has 8 heteroatoms. The molecular weight excluding hydrogens is 450 g/mol. The van der Waals surface area contributed by atoms with E-state index in [0.29, 0.717) is 5.56 Å². The summed E-state index contributed by atoms with van der Waals surface area (Å²) >= 11 is 0. The van der Waals surface area contributed by atoms with Gasteiger partial charge in [-0.2, -0.15) is 5.26 Å². The third-order valence-electron chi connectivity index (χ3n) is 7.63. The molecule has 0 radical (unpaired) electrons. The molecule has 0 saturated carbocycles. The second kappa shape index (κ2) is 10.0. The zero-order chi connectivity index (χ0) is 24.5. The highest BCUT2D eigenvalue weighted by molar-refractivity contribution is 5.95. The molecule has 186 valence electrons. The highest BCUT2D eigenvalue weighted by Crippen LogP contribution is 2.30. The van der Waals surface area contributed by atoms with Crippen LogP contribution in [0.1, 0.15) is 23.7 Å². The van der Waals surface area contributed by atoms with Gasteiger partial charge in [-0.1, -0.05) is 0 Å². The molecule has 0 amide bonds. The van der Waals surface area contributed by atoms with Crippen LogP contribution in [-0.4, -0.2) is 79.4 Å². The molecule has 1 N–H and O–H groups in total. The van der Waals surface area contributed by atoms with Gasteiger partial charge < -0.3 is 19.9 Å². The van der Waals surface area contributed by atoms with Gasteiger partial charge in [0.2, 0.25) is 0 Å². The molecule has 3 aliphatic rings. The fraction of sp³-hybridized carbons (Fsp3) is 0.464. The monoisotopic (exact) mass is 483 g/mol. The fourth-order valence-electron chi connectivity index (χ4n) is 5.85. The van der Waals surface area contributed by atoms with Crippen LogP contribution in [0.15, 0.2) is 42.7 Å². The maximum atomic E-state index is 9.51. The number of hydrogen-bond donors (Lipinski definition) is 1. The molecule has 36 heavy (non-hydrogen) atoms. The number of ether oxygens (including phenoxy) is 1. The van der Waals surface area contributed by atoms with E-state index in [2.05, 4.69) is 62.4 Å². The maximum Gasteiger partial charge on any atom is 0.101 e. The first-order valence-electron chi connectivity index (χ1n) is 13.0. The van der Waals surface area contributed by atoms with Gasteiger partial charge in [-0.05, 0) is 42.8 Å². The van der Waals surface area contributed by atoms with E-state index in [1.165, 1.54) is 16.9 Å². The van der Waals surface area contributed by atoms with Crippen molar-refractivity contribution in [1.82, 2.24) is 20.2 Å². The van der Waals surface area contributed by atoms with E-state index in [9.17, 15) is 5.26 Å². The van der Waals surface area contributed by atoms with Crippen LogP contribution in [0.4, 0.5) is 11.4 Å². The summed E-state index contributed by atoms with van der Waals surface area (Å²) in [6, 6.07) is 12.6. The summed E-state index contributed by atoms with van der Waals surface area (Å²) in [5.41, 5.74) is 6.36. The predicted octanol–water partition coefficient (Wildman–Crippen LogP) is 2.56. The molecule has 2 aromatic heterocycles. The Labute approximate surface area is 212 Å². The minimum absolute atomic E-state index is 0.138. The van der Waals surface area contributed by atoms with Gasteiger partial charge in [0, 0.05) is 88.3 Å². The number of morpholine rings is 1. The van der Waals surface area contributed by atoms with Crippen molar-refractivity contribution in [2.45, 2.75) is 32.1 Å². The molecule has 5 heterocycles. The Kier molecular flexibility index (Phi) is 6.45. The molecule has 0 aliphatic carbocycles. The van der Waals surface area contributed by atoms with Gasteiger partial charge in [0.1, 0.15) is 6.07 Å². The third kappa shape index (κ3) is 4.62. The molecular formula is C28H33N7O. The summed E-state index contributed by atoms with van der Waals surface area (Å²) < 4.78 is 6.39. The summed E-state index contributed by atoms with van der Waals surface area (Å²) in [6.45, 7) is 10.7. The van der Waals surface area contributed by atoms with Crippen LogP contribution in [-0.2, 0) is 17.7 Å². The molecule has 6 rings (SSSR count). The predicted molar refractivity (Wildman–Crippen MR) is 141 cm³/mol. The Bertz CT molecular complexity index is 1280. The highest BCUT2D eigenvalue weighted by atomic mass is 16.5. The zero-order valence-corrected chi connectivity index (χ0v) is 20.9. The van der Waals surface area contributed by atoms with Crippen LogP contribution in [0.5, 0.6) is 0 Å². The molecule has 1 aromatic carbocycles. The van der Waals surface area contributed by atoms with Gasteiger partial charge in [0.25, 0.3) is 0 Å². The van der Waals surface area contributed by atoms with Gasteiger partial charge in [0.05, 0.1) is 35.2 Å². The first kappa shape index (κ1) is 23.2. The zero-order valence-electron chi connectivity index (χ0n) is 20.9. The molecule has 8 nitrogen and oxygen atoms in total. The van der Waals surface area contributed by atoms with E-state index < -0.39 is 0 Å². The number of nitriles is 1. The lowest BCUT2D eigenvalue weighted by Crippen LogP contribution is -2.54. The third-order valence-corrected chi connectivity index (χ3v) is 7.63. The van der Waals surface area contributed by atoms with E-state index in [4.69, 9.17) is 9.72 Å². The SMILES string of the molecule is C[C@@H]1CN(c2ccc(C#N)c3ncccc23)C[C@H](CN2CCN(c3cnc4c(c3)CNCC4)CC2)O1. The van der Waals surface area contributed by atoms with Crippen LogP contribution in [0, 0.1) is 11.3 Å². The van der Waals surface area contributed by atoms with Crippen molar-refractivity contribution in [3.05, 3.63) is 59.5 Å². The smallest absolute Gasteiger partial charge is 0.101 e. The molecule has 2 fully saturated rings. The molecule has 3 aliphatic heterocycles. The largest absolute Gasteiger partial charge is 0.370 e. The van der Waals surface area contributed by atoms with Gasteiger partial charge in [-0.25, -0.2) is 0 Å². The van der Waals surface area contributed by atoms with Crippen LogP contribution in [0.2, 0.25) is 0 Å². The van der Waals surface area contributed by atoms with Gasteiger partial charge in [-0.3, -0.25) is 14.9 Å². The average Bonchev–Trinajstić information content (AvgIpc) is 2.92. The average molecular weight is 484 g/mol. The van der Waals surface area contributed by atoms with Crippen molar-refractivity contribution in [3.8, 4) is 6.07 Å². The van der Waals surface area contributed by atoms with E-state index in [1.807, 2.05) is 12.1 Å². The number of hydrogen-bond acceptors (Lipinski definition) is 8. The van der Waals surface area contributed by atoms with E-state index in [0.717, 1.165) is 81.9 Å². The number of rotatable bonds is 4. The number of aromatic nitrogens is 2. The van der Waals surface area contributed by atoms with Crippen molar-refractivity contribution in [3.63, 3.8) is 0 Å². The number of nitrogens with zero attached hydrogens (tertiary/aromatic N) is 6. The Morgan fingerprint density at radius 2 is 2.00 bits per heavy atom. The van der Waals surface area contributed by atoms with Crippen molar-refractivity contribution in [2.75, 3.05) is 62.2 Å². The second-order valence-electron chi connectivity index (χ2n) is 10.1. The minimum atomic E-state index is 0.138. The lowest BCUT2D eigenvalue weighted by molar-refractivity contribution is -0.0327. The highest BCUT2D eigenvalue weighted by Gasteiger charge is 2.29. The maximum absolute atomic E-state index is 9.51. The molecule has 0 unspecified atom stereocenters. The van der Waals surface area contributed by atoms with Crippen molar-refractivity contribution in [1.29, 1.82) is 5.26 Å². The Balaban J connectivity index is 1.11. The van der Waals surface area contributed by atoms with Crippen molar-refractivity contribution in [2.24, 2.45) is 0 Å². The van der Waals surface area contributed by atoms with Gasteiger partial charge >= 0.3 is 0 Å². The van der Waals surface area contributed by atoms with Crippen molar-refractivity contribution >= 4 is 22.3 Å². The normalized spacial score (nSPS) is 22.9. The lowest BCUT2D eigenvalue weighted by Gasteiger charge is -2.42. The summed E-state index contributed by atoms with van der Waals surface area (Å²) in [5, 5.41) is 14.0. The summed E-state index contributed by atoms with van der Waals surface area (Å²) in [4.78, 5) is 16.6. The molecule has 2 saturated heterocycles. The van der Waals surface area contributed by atoms with Crippen molar-refractivity contribution < 1.29 is 4.74 Å². The lowest BCUT2D eigenvalue weighted by atomic mass is 10.1. The number of nitrogens with one attached hydrogen (secondary N) is 1. The summed E-state index contributed by atoms with van der Waals surface area (Å²) in [6.07, 6.45) is 5.12. The van der Waals surface area contributed by atoms with Crippen LogP contribution in [0.3, 0.4) is 0 Å². The standard InChI is InChI=1S/C28H33N7O/c1-20-17-35(27-5-4-21(14-29)28-25(27)3-2-7-31-28)19-24(36-20)18-33-9-11-34(12-10-33)23-13-22-15-30-8-6-26(22)32-16-23/h2-5,7,13,16,20,24,30H,6,8-12,15,17-19H2,1H3/t20-,24+/m1/s1. The first-order valence-corrected chi connectivity index (χ1v) is 13.0. The van der Waals surface area contributed by atoms with Crippen LogP contribution >= 0.6 is 0 Å².